The fourth-order valence-electron chi connectivity index (χ4n) is 0.971. The van der Waals surface area contributed by atoms with Crippen LogP contribution in [0.15, 0.2) is 18.3 Å². The van der Waals surface area contributed by atoms with Crippen LogP contribution in [-0.2, 0) is 4.79 Å². The molecule has 0 saturated heterocycles. The van der Waals surface area contributed by atoms with Gasteiger partial charge in [-0.15, -0.1) is 0 Å². The van der Waals surface area contributed by atoms with Crippen molar-refractivity contribution in [3.05, 3.63) is 23.9 Å². The molecule has 15 heavy (non-hydrogen) atoms. The van der Waals surface area contributed by atoms with Gasteiger partial charge in [0.2, 0.25) is 0 Å². The smallest absolute Gasteiger partial charge is 0.337 e. The Kier molecular flexibility index (Phi) is 3.26. The molecule has 0 radical (unpaired) electrons. The van der Waals surface area contributed by atoms with Crippen molar-refractivity contribution in [3.8, 4) is 0 Å². The van der Waals surface area contributed by atoms with E-state index in [2.05, 4.69) is 10.3 Å². The molecule has 0 spiro atoms. The molecular weight excluding hydrogens is 196 g/mol. The van der Waals surface area contributed by atoms with Gasteiger partial charge in [-0.1, -0.05) is 0 Å². The van der Waals surface area contributed by atoms with Crippen LogP contribution >= 0.6 is 0 Å². The van der Waals surface area contributed by atoms with Crippen LogP contribution in [0.1, 0.15) is 12.5 Å². The molecule has 0 aliphatic rings. The molecule has 82 valence electrons. The molecule has 1 atom stereocenters. The minimum atomic E-state index is -1.79. The van der Waals surface area contributed by atoms with Gasteiger partial charge in [-0.2, -0.15) is 0 Å². The number of nitrogens with one attached hydrogen (secondary N) is 1. The molecule has 5 nitrogen and oxygen atoms in total. The fraction of sp³-hybridized carbons (Fsp3) is 0.400. The van der Waals surface area contributed by atoms with Gasteiger partial charge in [0.1, 0.15) is 5.82 Å². The second-order valence-corrected chi connectivity index (χ2v) is 3.65. The third kappa shape index (κ3) is 3.21. The summed E-state index contributed by atoms with van der Waals surface area (Å²) in [6, 6.07) is 3.61. The highest BCUT2D eigenvalue weighted by atomic mass is 16.4. The summed E-state index contributed by atoms with van der Waals surface area (Å²) >= 11 is 0. The van der Waals surface area contributed by atoms with Gasteiger partial charge in [-0.05, 0) is 31.5 Å². The molecule has 1 rings (SSSR count). The number of aryl methyl sites for hydroxylation is 1. The first-order valence-corrected chi connectivity index (χ1v) is 4.54. The SMILES string of the molecule is Cc1ccnc(NCC(C)(O)C(=O)O)c1. The van der Waals surface area contributed by atoms with E-state index >= 15 is 0 Å². The predicted molar refractivity (Wildman–Crippen MR) is 55.7 cm³/mol. The number of aromatic nitrogens is 1. The van der Waals surface area contributed by atoms with E-state index in [0.29, 0.717) is 5.82 Å². The summed E-state index contributed by atoms with van der Waals surface area (Å²) in [5.74, 6) is -0.709. The molecule has 1 unspecified atom stereocenters. The van der Waals surface area contributed by atoms with Crippen molar-refractivity contribution in [1.29, 1.82) is 0 Å². The Hall–Kier alpha value is -1.62. The highest BCUT2D eigenvalue weighted by molar-refractivity contribution is 5.77. The van der Waals surface area contributed by atoms with E-state index in [-0.39, 0.29) is 6.54 Å². The van der Waals surface area contributed by atoms with E-state index in [1.165, 1.54) is 6.92 Å². The second-order valence-electron chi connectivity index (χ2n) is 3.65. The molecule has 0 fully saturated rings. The van der Waals surface area contributed by atoms with Crippen LogP contribution in [0.3, 0.4) is 0 Å². The van der Waals surface area contributed by atoms with Crippen LogP contribution < -0.4 is 5.32 Å². The lowest BCUT2D eigenvalue weighted by Crippen LogP contribution is -2.41. The van der Waals surface area contributed by atoms with E-state index in [0.717, 1.165) is 5.56 Å². The number of carbonyl (C=O) groups is 1. The number of hydrogen-bond acceptors (Lipinski definition) is 4. The predicted octanol–water partition coefficient (Wildman–Crippen LogP) is 0.638. The van der Waals surface area contributed by atoms with E-state index in [9.17, 15) is 9.90 Å². The van der Waals surface area contributed by atoms with Crippen LogP contribution in [-0.4, -0.2) is 33.3 Å². The average Bonchev–Trinajstić information content (AvgIpc) is 2.15. The maximum absolute atomic E-state index is 10.6. The van der Waals surface area contributed by atoms with Gasteiger partial charge in [0.25, 0.3) is 0 Å². The topological polar surface area (TPSA) is 82.5 Å². The minimum absolute atomic E-state index is 0.0845. The van der Waals surface area contributed by atoms with Crippen molar-refractivity contribution < 1.29 is 15.0 Å². The van der Waals surface area contributed by atoms with Gasteiger partial charge in [0, 0.05) is 6.20 Å². The lowest BCUT2D eigenvalue weighted by Gasteiger charge is -2.18. The maximum Gasteiger partial charge on any atom is 0.337 e. The highest BCUT2D eigenvalue weighted by Crippen LogP contribution is 2.08. The Balaban J connectivity index is 2.61. The fourth-order valence-corrected chi connectivity index (χ4v) is 0.971. The van der Waals surface area contributed by atoms with Gasteiger partial charge in [0.15, 0.2) is 5.60 Å². The maximum atomic E-state index is 10.6. The monoisotopic (exact) mass is 210 g/mol. The molecule has 3 N–H and O–H groups in total. The summed E-state index contributed by atoms with van der Waals surface area (Å²) in [7, 11) is 0. The number of aliphatic carboxylic acids is 1. The molecule has 0 aromatic carbocycles. The largest absolute Gasteiger partial charge is 0.479 e. The van der Waals surface area contributed by atoms with Crippen molar-refractivity contribution >= 4 is 11.8 Å². The molecule has 0 saturated carbocycles. The molecule has 5 heteroatoms. The second kappa shape index (κ2) is 4.27. The van der Waals surface area contributed by atoms with Crippen molar-refractivity contribution in [1.82, 2.24) is 4.98 Å². The third-order valence-corrected chi connectivity index (χ3v) is 1.99. The van der Waals surface area contributed by atoms with Crippen molar-refractivity contribution in [2.24, 2.45) is 0 Å². The Bertz CT molecular complexity index is 363. The van der Waals surface area contributed by atoms with Crippen molar-refractivity contribution in [3.63, 3.8) is 0 Å². The van der Waals surface area contributed by atoms with Crippen LogP contribution in [0.4, 0.5) is 5.82 Å². The summed E-state index contributed by atoms with van der Waals surface area (Å²) in [5.41, 5.74) is -0.770. The summed E-state index contributed by atoms with van der Waals surface area (Å²) in [6.45, 7) is 3.05. The molecule has 0 amide bonds. The zero-order valence-corrected chi connectivity index (χ0v) is 8.69. The summed E-state index contributed by atoms with van der Waals surface area (Å²) < 4.78 is 0. The van der Waals surface area contributed by atoms with Crippen LogP contribution in [0.25, 0.3) is 0 Å². The molecule has 1 heterocycles. The van der Waals surface area contributed by atoms with E-state index in [1.807, 2.05) is 13.0 Å². The molecular formula is C10H14N2O3. The number of aliphatic hydroxyl groups is 1. The normalized spacial score (nSPS) is 14.3. The number of pyridine rings is 1. The third-order valence-electron chi connectivity index (χ3n) is 1.99. The van der Waals surface area contributed by atoms with Gasteiger partial charge >= 0.3 is 5.97 Å². The number of rotatable bonds is 4. The first kappa shape index (κ1) is 11.5. The van der Waals surface area contributed by atoms with Gasteiger partial charge in [-0.25, -0.2) is 9.78 Å². The summed E-state index contributed by atoms with van der Waals surface area (Å²) in [4.78, 5) is 14.6. The van der Waals surface area contributed by atoms with Crippen LogP contribution in [0, 0.1) is 6.92 Å². The Labute approximate surface area is 87.8 Å². The highest BCUT2D eigenvalue weighted by Gasteiger charge is 2.29. The quantitative estimate of drug-likeness (QED) is 0.679. The molecule has 0 aliphatic heterocycles. The minimum Gasteiger partial charge on any atom is -0.479 e. The first-order chi connectivity index (χ1) is 6.92. The van der Waals surface area contributed by atoms with Crippen molar-refractivity contribution in [2.75, 3.05) is 11.9 Å². The van der Waals surface area contributed by atoms with E-state index in [4.69, 9.17) is 5.11 Å². The lowest BCUT2D eigenvalue weighted by atomic mass is 10.1. The first-order valence-electron chi connectivity index (χ1n) is 4.54. The van der Waals surface area contributed by atoms with Crippen LogP contribution in [0.5, 0.6) is 0 Å². The average molecular weight is 210 g/mol. The molecule has 0 bridgehead atoms. The summed E-state index contributed by atoms with van der Waals surface area (Å²) in [5, 5.41) is 20.9. The Morgan fingerprint density at radius 3 is 2.87 bits per heavy atom. The van der Waals surface area contributed by atoms with Gasteiger partial charge in [-0.3, -0.25) is 0 Å². The van der Waals surface area contributed by atoms with Crippen molar-refractivity contribution in [2.45, 2.75) is 19.4 Å². The number of hydrogen-bond donors (Lipinski definition) is 3. The Morgan fingerprint density at radius 1 is 1.67 bits per heavy atom. The van der Waals surface area contributed by atoms with E-state index in [1.54, 1.807) is 12.3 Å². The van der Waals surface area contributed by atoms with E-state index < -0.39 is 11.6 Å². The zero-order valence-electron chi connectivity index (χ0n) is 8.69. The number of carboxylic acid groups (broad SMARTS) is 1. The standard InChI is InChI=1S/C10H14N2O3/c1-7-3-4-11-8(5-7)12-6-10(2,15)9(13)14/h3-5,15H,6H2,1-2H3,(H,11,12)(H,13,14). The Morgan fingerprint density at radius 2 is 2.33 bits per heavy atom. The molecule has 1 aromatic heterocycles. The number of carboxylic acids is 1. The lowest BCUT2D eigenvalue weighted by molar-refractivity contribution is -0.155. The molecule has 1 aromatic rings. The number of anilines is 1. The van der Waals surface area contributed by atoms with Gasteiger partial charge in [0.05, 0.1) is 6.54 Å². The van der Waals surface area contributed by atoms with Crippen LogP contribution in [0.2, 0.25) is 0 Å². The summed E-state index contributed by atoms with van der Waals surface area (Å²) in [6.07, 6.45) is 1.62. The number of nitrogens with zero attached hydrogens (tertiary/aromatic N) is 1. The zero-order chi connectivity index (χ0) is 11.5. The van der Waals surface area contributed by atoms with Gasteiger partial charge < -0.3 is 15.5 Å². The molecule has 0 aliphatic carbocycles.